The first kappa shape index (κ1) is 12.1. The third-order valence-electron chi connectivity index (χ3n) is 2.79. The molecule has 0 amide bonds. The second-order valence-electron chi connectivity index (χ2n) is 4.04. The van der Waals surface area contributed by atoms with E-state index in [1.165, 1.54) is 0 Å². The monoisotopic (exact) mass is 242 g/mol. The molecule has 0 fully saturated rings. The number of aliphatic hydroxyl groups excluding tert-OH is 1. The van der Waals surface area contributed by atoms with E-state index in [9.17, 15) is 9.90 Å². The van der Waals surface area contributed by atoms with Crippen molar-refractivity contribution in [1.82, 2.24) is 0 Å². The maximum atomic E-state index is 11.1. The van der Waals surface area contributed by atoms with Gasteiger partial charge in [-0.3, -0.25) is 4.79 Å². The van der Waals surface area contributed by atoms with Crippen molar-refractivity contribution in [3.8, 4) is 11.1 Å². The predicted octanol–water partition coefficient (Wildman–Crippen LogP) is 1.82. The number of nitrogens with two attached hydrogens (primary N) is 2. The number of benzene rings is 2. The Morgan fingerprint density at radius 1 is 1.00 bits per heavy atom. The van der Waals surface area contributed by atoms with Gasteiger partial charge < -0.3 is 16.6 Å². The fraction of sp³-hybridized carbons (Fsp3) is 0.0714. The molecular weight excluding hydrogens is 228 g/mol. The molecule has 0 bridgehead atoms. The van der Waals surface area contributed by atoms with Crippen LogP contribution in [0.5, 0.6) is 0 Å². The van der Waals surface area contributed by atoms with Crippen LogP contribution in [0, 0.1) is 0 Å². The number of rotatable bonds is 3. The normalized spacial score (nSPS) is 10.3. The first-order valence-corrected chi connectivity index (χ1v) is 5.50. The molecule has 0 aliphatic heterocycles. The zero-order valence-electron chi connectivity index (χ0n) is 9.76. The molecule has 18 heavy (non-hydrogen) atoms. The molecule has 92 valence electrons. The van der Waals surface area contributed by atoms with Crippen LogP contribution in [0.2, 0.25) is 0 Å². The lowest BCUT2D eigenvalue weighted by molar-refractivity contribution is 0.112. The third kappa shape index (κ3) is 2.19. The molecule has 0 saturated carbocycles. The molecule has 2 rings (SSSR count). The van der Waals surface area contributed by atoms with Crippen molar-refractivity contribution in [1.29, 1.82) is 0 Å². The second-order valence-corrected chi connectivity index (χ2v) is 4.04. The number of anilines is 2. The van der Waals surface area contributed by atoms with Crippen LogP contribution in [0.1, 0.15) is 15.9 Å². The lowest BCUT2D eigenvalue weighted by Crippen LogP contribution is -1.97. The van der Waals surface area contributed by atoms with E-state index in [2.05, 4.69) is 0 Å². The molecule has 0 unspecified atom stereocenters. The van der Waals surface area contributed by atoms with Gasteiger partial charge in [0.15, 0.2) is 6.29 Å². The molecule has 0 aliphatic carbocycles. The summed E-state index contributed by atoms with van der Waals surface area (Å²) in [5, 5.41) is 9.35. The second kappa shape index (κ2) is 4.89. The van der Waals surface area contributed by atoms with Crippen molar-refractivity contribution in [2.24, 2.45) is 0 Å². The Morgan fingerprint density at radius 2 is 1.61 bits per heavy atom. The number of carbonyl (C=O) groups excluding carboxylic acids is 1. The molecule has 0 spiro atoms. The number of aldehydes is 1. The summed E-state index contributed by atoms with van der Waals surface area (Å²) in [5.74, 6) is 0. The van der Waals surface area contributed by atoms with Crippen molar-refractivity contribution in [3.63, 3.8) is 0 Å². The van der Waals surface area contributed by atoms with Gasteiger partial charge in [-0.2, -0.15) is 0 Å². The molecule has 0 radical (unpaired) electrons. The van der Waals surface area contributed by atoms with Crippen LogP contribution in [0.3, 0.4) is 0 Å². The van der Waals surface area contributed by atoms with Crippen LogP contribution in [0.4, 0.5) is 11.4 Å². The van der Waals surface area contributed by atoms with Gasteiger partial charge in [0.25, 0.3) is 0 Å². The Hall–Kier alpha value is -2.33. The fourth-order valence-corrected chi connectivity index (χ4v) is 1.93. The summed E-state index contributed by atoms with van der Waals surface area (Å²) in [7, 11) is 0. The summed E-state index contributed by atoms with van der Waals surface area (Å²) in [6.45, 7) is -0.136. The average molecular weight is 242 g/mol. The highest BCUT2D eigenvalue weighted by Crippen LogP contribution is 2.29. The van der Waals surface area contributed by atoms with Gasteiger partial charge in [0.2, 0.25) is 0 Å². The standard InChI is InChI=1S/C14H14N2O2/c15-11-1-3-13(9(5-11)7-17)14-4-2-12(16)6-10(14)8-18/h1-7,18H,8,15-16H2. The van der Waals surface area contributed by atoms with E-state index in [-0.39, 0.29) is 6.61 Å². The lowest BCUT2D eigenvalue weighted by atomic mass is 9.95. The number of nitrogen functional groups attached to an aromatic ring is 2. The third-order valence-corrected chi connectivity index (χ3v) is 2.79. The predicted molar refractivity (Wildman–Crippen MR) is 72.0 cm³/mol. The van der Waals surface area contributed by atoms with Crippen molar-refractivity contribution >= 4 is 17.7 Å². The smallest absolute Gasteiger partial charge is 0.150 e. The number of hydrogen-bond acceptors (Lipinski definition) is 4. The maximum absolute atomic E-state index is 11.1. The zero-order chi connectivity index (χ0) is 13.1. The summed E-state index contributed by atoms with van der Waals surface area (Å²) in [5.41, 5.74) is 15.1. The van der Waals surface area contributed by atoms with Crippen molar-refractivity contribution in [3.05, 3.63) is 47.5 Å². The highest BCUT2D eigenvalue weighted by Gasteiger charge is 2.09. The average Bonchev–Trinajstić information content (AvgIpc) is 2.38. The van der Waals surface area contributed by atoms with Gasteiger partial charge in [-0.25, -0.2) is 0 Å². The highest BCUT2D eigenvalue weighted by molar-refractivity contribution is 5.90. The summed E-state index contributed by atoms with van der Waals surface area (Å²) >= 11 is 0. The van der Waals surface area contributed by atoms with E-state index in [1.807, 2.05) is 0 Å². The molecule has 4 heteroatoms. The highest BCUT2D eigenvalue weighted by atomic mass is 16.3. The molecule has 0 aromatic heterocycles. The molecule has 0 saturated heterocycles. The van der Waals surface area contributed by atoms with Crippen LogP contribution in [-0.2, 0) is 6.61 Å². The Morgan fingerprint density at radius 3 is 2.22 bits per heavy atom. The van der Waals surface area contributed by atoms with Gasteiger partial charge in [-0.15, -0.1) is 0 Å². The van der Waals surface area contributed by atoms with Crippen LogP contribution >= 0.6 is 0 Å². The summed E-state index contributed by atoms with van der Waals surface area (Å²) in [4.78, 5) is 11.1. The van der Waals surface area contributed by atoms with Gasteiger partial charge in [0, 0.05) is 16.9 Å². The van der Waals surface area contributed by atoms with Crippen LogP contribution < -0.4 is 11.5 Å². The van der Waals surface area contributed by atoms with Crippen LogP contribution in [0.15, 0.2) is 36.4 Å². The quantitative estimate of drug-likeness (QED) is 0.565. The summed E-state index contributed by atoms with van der Waals surface area (Å²) in [6, 6.07) is 10.3. The molecule has 2 aromatic carbocycles. The first-order valence-electron chi connectivity index (χ1n) is 5.50. The molecular formula is C14H14N2O2. The fourth-order valence-electron chi connectivity index (χ4n) is 1.93. The zero-order valence-corrected chi connectivity index (χ0v) is 9.76. The Kier molecular flexibility index (Phi) is 3.30. The van der Waals surface area contributed by atoms with Gasteiger partial charge in [0.05, 0.1) is 6.61 Å². The molecule has 5 N–H and O–H groups in total. The van der Waals surface area contributed by atoms with Crippen molar-refractivity contribution in [2.45, 2.75) is 6.61 Å². The summed E-state index contributed by atoms with van der Waals surface area (Å²) in [6.07, 6.45) is 0.753. The number of carbonyl (C=O) groups is 1. The van der Waals surface area contributed by atoms with Crippen LogP contribution in [0.25, 0.3) is 11.1 Å². The van der Waals surface area contributed by atoms with E-state index in [4.69, 9.17) is 11.5 Å². The van der Waals surface area contributed by atoms with E-state index in [0.29, 0.717) is 22.5 Å². The molecule has 0 heterocycles. The van der Waals surface area contributed by atoms with Gasteiger partial charge in [0.1, 0.15) is 0 Å². The van der Waals surface area contributed by atoms with E-state index < -0.39 is 0 Å². The first-order chi connectivity index (χ1) is 8.65. The summed E-state index contributed by atoms with van der Waals surface area (Å²) < 4.78 is 0. The number of aliphatic hydroxyl groups is 1. The van der Waals surface area contributed by atoms with Crippen LogP contribution in [-0.4, -0.2) is 11.4 Å². The van der Waals surface area contributed by atoms with E-state index in [0.717, 1.165) is 17.4 Å². The van der Waals surface area contributed by atoms with Gasteiger partial charge in [-0.1, -0.05) is 12.1 Å². The minimum Gasteiger partial charge on any atom is -0.399 e. The van der Waals surface area contributed by atoms with E-state index >= 15 is 0 Å². The number of hydrogen-bond donors (Lipinski definition) is 3. The Labute approximate surface area is 105 Å². The SMILES string of the molecule is Nc1ccc(-c2ccc(N)cc2CO)c(C=O)c1. The van der Waals surface area contributed by atoms with Crippen molar-refractivity contribution in [2.75, 3.05) is 11.5 Å². The van der Waals surface area contributed by atoms with E-state index in [1.54, 1.807) is 36.4 Å². The van der Waals surface area contributed by atoms with Gasteiger partial charge >= 0.3 is 0 Å². The molecule has 4 nitrogen and oxygen atoms in total. The minimum absolute atomic E-state index is 0.136. The minimum atomic E-state index is -0.136. The Balaban J connectivity index is 2.65. The molecule has 0 aliphatic rings. The molecule has 0 atom stereocenters. The lowest BCUT2D eigenvalue weighted by Gasteiger charge is -2.11. The topological polar surface area (TPSA) is 89.3 Å². The van der Waals surface area contributed by atoms with Gasteiger partial charge in [-0.05, 0) is 41.0 Å². The van der Waals surface area contributed by atoms with Crippen molar-refractivity contribution < 1.29 is 9.90 Å². The maximum Gasteiger partial charge on any atom is 0.150 e. The molecule has 2 aromatic rings. The Bertz CT molecular complexity index is 594. The largest absolute Gasteiger partial charge is 0.399 e.